The van der Waals surface area contributed by atoms with Gasteiger partial charge in [0, 0.05) is 18.7 Å². The number of nitrogens with zero attached hydrogens (tertiary/aromatic N) is 3. The summed E-state index contributed by atoms with van der Waals surface area (Å²) in [5, 5.41) is 8.00. The number of halogens is 3. The minimum absolute atomic E-state index is 0.289. The molecule has 0 bridgehead atoms. The molecule has 0 radical (unpaired) electrons. The molecule has 2 aromatic heterocycles. The Labute approximate surface area is 165 Å². The van der Waals surface area contributed by atoms with Gasteiger partial charge in [-0.15, -0.1) is 0 Å². The van der Waals surface area contributed by atoms with E-state index in [1.54, 1.807) is 18.7 Å². The summed E-state index contributed by atoms with van der Waals surface area (Å²) in [4.78, 5) is 17.8. The molecule has 0 saturated heterocycles. The predicted octanol–water partition coefficient (Wildman–Crippen LogP) is 4.66. The lowest BCUT2D eigenvalue weighted by Crippen LogP contribution is -2.27. The highest BCUT2D eigenvalue weighted by Gasteiger charge is 2.31. The van der Waals surface area contributed by atoms with E-state index in [0.29, 0.717) is 33.8 Å². The van der Waals surface area contributed by atoms with Crippen LogP contribution in [0.3, 0.4) is 0 Å². The summed E-state index contributed by atoms with van der Waals surface area (Å²) >= 11 is 0. The minimum atomic E-state index is -4.38. The number of benzene rings is 1. The molecule has 1 saturated carbocycles. The first kappa shape index (κ1) is 19.4. The molecule has 8 heteroatoms. The monoisotopic (exact) mass is 402 g/mol. The molecule has 1 unspecified atom stereocenters. The summed E-state index contributed by atoms with van der Waals surface area (Å²) in [5.41, 5.74) is 2.65. The zero-order valence-electron chi connectivity index (χ0n) is 16.3. The molecule has 5 nitrogen and oxygen atoms in total. The number of hydrogen-bond acceptors (Lipinski definition) is 3. The van der Waals surface area contributed by atoms with Crippen molar-refractivity contribution in [3.63, 3.8) is 0 Å². The topological polar surface area (TPSA) is 59.8 Å². The van der Waals surface area contributed by atoms with Gasteiger partial charge in [-0.05, 0) is 50.5 Å². The maximum absolute atomic E-state index is 13.1. The number of carbonyl (C=O) groups is 1. The van der Waals surface area contributed by atoms with Crippen molar-refractivity contribution in [2.24, 2.45) is 7.05 Å². The summed E-state index contributed by atoms with van der Waals surface area (Å²) in [6.07, 6.45) is -2.28. The average Bonchev–Trinajstić information content (AvgIpc) is 3.47. The number of pyridine rings is 1. The smallest absolute Gasteiger partial charge is 0.345 e. The number of rotatable bonds is 4. The van der Waals surface area contributed by atoms with Gasteiger partial charge < -0.3 is 5.32 Å². The van der Waals surface area contributed by atoms with E-state index in [-0.39, 0.29) is 5.91 Å². The number of alkyl halides is 3. The molecular weight excluding hydrogens is 381 g/mol. The second-order valence-electron chi connectivity index (χ2n) is 7.59. The van der Waals surface area contributed by atoms with Gasteiger partial charge >= 0.3 is 6.18 Å². The lowest BCUT2D eigenvalue weighted by atomic mass is 10.0. The Morgan fingerprint density at radius 1 is 1.24 bits per heavy atom. The van der Waals surface area contributed by atoms with E-state index in [1.165, 1.54) is 12.1 Å². The SMILES string of the molecule is Cc1nn(C)c2nc(C3CC3)cc(C(=O)NC(C)c3ccc(C(F)(F)F)cc3)c12. The highest BCUT2D eigenvalue weighted by Crippen LogP contribution is 2.40. The molecule has 152 valence electrons. The molecule has 1 N–H and O–H groups in total. The first-order chi connectivity index (χ1) is 13.6. The van der Waals surface area contributed by atoms with Crippen LogP contribution < -0.4 is 5.32 Å². The van der Waals surface area contributed by atoms with Crippen molar-refractivity contribution < 1.29 is 18.0 Å². The van der Waals surface area contributed by atoms with Crippen LogP contribution in [0, 0.1) is 6.92 Å². The molecule has 29 heavy (non-hydrogen) atoms. The van der Waals surface area contributed by atoms with Crippen molar-refractivity contribution in [3.8, 4) is 0 Å². The first-order valence-corrected chi connectivity index (χ1v) is 9.47. The van der Waals surface area contributed by atoms with Crippen molar-refractivity contribution in [2.45, 2.75) is 44.8 Å². The molecule has 1 atom stereocenters. The van der Waals surface area contributed by atoms with E-state index in [0.717, 1.165) is 30.7 Å². The summed E-state index contributed by atoms with van der Waals surface area (Å²) in [6, 6.07) is 6.21. The Hall–Kier alpha value is -2.90. The van der Waals surface area contributed by atoms with E-state index in [9.17, 15) is 18.0 Å². The Morgan fingerprint density at radius 2 is 1.90 bits per heavy atom. The second kappa shape index (κ2) is 6.86. The van der Waals surface area contributed by atoms with E-state index in [2.05, 4.69) is 15.4 Å². The van der Waals surface area contributed by atoms with Crippen molar-refractivity contribution in [2.75, 3.05) is 0 Å². The van der Waals surface area contributed by atoms with Gasteiger partial charge in [0.1, 0.15) is 0 Å². The quantitative estimate of drug-likeness (QED) is 0.690. The summed E-state index contributed by atoms with van der Waals surface area (Å²) < 4.78 is 40.0. The molecular formula is C21H21F3N4O. The predicted molar refractivity (Wildman–Crippen MR) is 103 cm³/mol. The van der Waals surface area contributed by atoms with Crippen LogP contribution >= 0.6 is 0 Å². The second-order valence-corrected chi connectivity index (χ2v) is 7.59. The molecule has 1 aliphatic carbocycles. The van der Waals surface area contributed by atoms with Gasteiger partial charge in [0.25, 0.3) is 5.91 Å². The highest BCUT2D eigenvalue weighted by molar-refractivity contribution is 6.06. The van der Waals surface area contributed by atoms with Crippen LogP contribution in [-0.2, 0) is 13.2 Å². The van der Waals surface area contributed by atoms with Crippen LogP contribution in [0.5, 0.6) is 0 Å². The fraction of sp³-hybridized carbons (Fsp3) is 0.381. The number of amides is 1. The summed E-state index contributed by atoms with van der Waals surface area (Å²) in [5.74, 6) is 0.0799. The maximum atomic E-state index is 13.1. The third kappa shape index (κ3) is 3.71. The Bertz CT molecular complexity index is 1080. The van der Waals surface area contributed by atoms with E-state index in [1.807, 2.05) is 13.0 Å². The van der Waals surface area contributed by atoms with Gasteiger partial charge in [-0.1, -0.05) is 12.1 Å². The van der Waals surface area contributed by atoms with Gasteiger partial charge in [-0.25, -0.2) is 4.98 Å². The summed E-state index contributed by atoms with van der Waals surface area (Å²) in [6.45, 7) is 3.58. The fourth-order valence-corrected chi connectivity index (χ4v) is 3.55. The number of nitrogens with one attached hydrogen (secondary N) is 1. The Morgan fingerprint density at radius 3 is 2.48 bits per heavy atom. The third-order valence-corrected chi connectivity index (χ3v) is 5.31. The zero-order chi connectivity index (χ0) is 20.9. The van der Waals surface area contributed by atoms with Crippen LogP contribution in [0.1, 0.15) is 64.6 Å². The number of carbonyl (C=O) groups excluding carboxylic acids is 1. The number of aryl methyl sites for hydroxylation is 2. The van der Waals surface area contributed by atoms with Crippen LogP contribution in [-0.4, -0.2) is 20.7 Å². The number of fused-ring (bicyclic) bond motifs is 1. The standard InChI is InChI=1S/C21H21F3N4O/c1-11(13-6-8-15(9-7-13)21(22,23)24)25-20(29)16-10-17(14-4-5-14)26-19-18(16)12(2)27-28(19)3/h6-11,14H,4-5H2,1-3H3,(H,25,29). The van der Waals surface area contributed by atoms with Crippen LogP contribution in [0.15, 0.2) is 30.3 Å². The van der Waals surface area contributed by atoms with Crippen molar-refractivity contribution >= 4 is 16.9 Å². The minimum Gasteiger partial charge on any atom is -0.345 e. The lowest BCUT2D eigenvalue weighted by molar-refractivity contribution is -0.137. The average molecular weight is 402 g/mol. The van der Waals surface area contributed by atoms with Crippen molar-refractivity contribution in [1.82, 2.24) is 20.1 Å². The van der Waals surface area contributed by atoms with Gasteiger partial charge in [-0.3, -0.25) is 9.48 Å². The molecule has 1 aliphatic rings. The van der Waals surface area contributed by atoms with E-state index < -0.39 is 17.8 Å². The third-order valence-electron chi connectivity index (χ3n) is 5.31. The van der Waals surface area contributed by atoms with E-state index >= 15 is 0 Å². The molecule has 1 fully saturated rings. The van der Waals surface area contributed by atoms with Gasteiger partial charge in [-0.2, -0.15) is 18.3 Å². The van der Waals surface area contributed by atoms with Crippen LogP contribution in [0.25, 0.3) is 11.0 Å². The molecule has 4 rings (SSSR count). The lowest BCUT2D eigenvalue weighted by Gasteiger charge is -2.16. The van der Waals surface area contributed by atoms with Crippen LogP contribution in [0.4, 0.5) is 13.2 Å². The van der Waals surface area contributed by atoms with Gasteiger partial charge in [0.15, 0.2) is 5.65 Å². The normalized spacial score (nSPS) is 15.5. The molecule has 1 aromatic carbocycles. The van der Waals surface area contributed by atoms with Crippen LogP contribution in [0.2, 0.25) is 0 Å². The van der Waals surface area contributed by atoms with Gasteiger partial charge in [0.2, 0.25) is 0 Å². The van der Waals surface area contributed by atoms with E-state index in [4.69, 9.17) is 0 Å². The molecule has 1 amide bonds. The first-order valence-electron chi connectivity index (χ1n) is 9.47. The number of aromatic nitrogens is 3. The molecule has 0 spiro atoms. The van der Waals surface area contributed by atoms with Gasteiger partial charge in [0.05, 0.1) is 28.2 Å². The molecule has 3 aromatic rings. The van der Waals surface area contributed by atoms with Crippen molar-refractivity contribution in [3.05, 3.63) is 58.4 Å². The zero-order valence-corrected chi connectivity index (χ0v) is 16.3. The Kier molecular flexibility index (Phi) is 4.59. The fourth-order valence-electron chi connectivity index (χ4n) is 3.55. The highest BCUT2D eigenvalue weighted by atomic mass is 19.4. The Balaban J connectivity index is 1.63. The van der Waals surface area contributed by atoms with Crippen molar-refractivity contribution in [1.29, 1.82) is 0 Å². The number of hydrogen-bond donors (Lipinski definition) is 1. The summed E-state index contributed by atoms with van der Waals surface area (Å²) in [7, 11) is 1.80. The maximum Gasteiger partial charge on any atom is 0.416 e. The molecule has 2 heterocycles. The largest absolute Gasteiger partial charge is 0.416 e. The molecule has 0 aliphatic heterocycles.